The summed E-state index contributed by atoms with van der Waals surface area (Å²) in [5.41, 5.74) is 3.78. The molecule has 1 aromatic carbocycles. The normalized spacial score (nSPS) is 10.9. The minimum Gasteiger partial charge on any atom is -0.350 e. The SMILES string of the molecule is O=C(NCCn1nc(-c2cccs2)ccc1=O)c1ccc2ncsc2c1. The zero-order valence-electron chi connectivity index (χ0n) is 13.6. The Kier molecular flexibility index (Phi) is 4.59. The average Bonchev–Trinajstić information content (AvgIpc) is 3.34. The first-order chi connectivity index (χ1) is 12.7. The fourth-order valence-corrected chi connectivity index (χ4v) is 3.95. The van der Waals surface area contributed by atoms with E-state index in [1.54, 1.807) is 29.0 Å². The summed E-state index contributed by atoms with van der Waals surface area (Å²) in [7, 11) is 0. The molecule has 0 saturated carbocycles. The van der Waals surface area contributed by atoms with Gasteiger partial charge in [0.05, 0.1) is 27.1 Å². The van der Waals surface area contributed by atoms with Crippen LogP contribution in [0.3, 0.4) is 0 Å². The average molecular weight is 382 g/mol. The molecule has 0 aliphatic rings. The molecule has 3 aromatic heterocycles. The van der Waals surface area contributed by atoms with Crippen LogP contribution in [0.4, 0.5) is 0 Å². The zero-order valence-corrected chi connectivity index (χ0v) is 15.2. The number of hydrogen-bond acceptors (Lipinski definition) is 6. The van der Waals surface area contributed by atoms with Crippen molar-refractivity contribution in [1.82, 2.24) is 20.1 Å². The van der Waals surface area contributed by atoms with Gasteiger partial charge in [0, 0.05) is 18.2 Å². The summed E-state index contributed by atoms with van der Waals surface area (Å²) in [5, 5.41) is 9.17. The van der Waals surface area contributed by atoms with Gasteiger partial charge in [-0.15, -0.1) is 22.7 Å². The molecule has 0 bridgehead atoms. The lowest BCUT2D eigenvalue weighted by molar-refractivity contribution is 0.0952. The maximum atomic E-state index is 12.3. The number of rotatable bonds is 5. The number of carbonyl (C=O) groups is 1. The summed E-state index contributed by atoms with van der Waals surface area (Å²) < 4.78 is 2.35. The van der Waals surface area contributed by atoms with E-state index in [2.05, 4.69) is 15.4 Å². The Morgan fingerprint density at radius 1 is 1.15 bits per heavy atom. The van der Waals surface area contributed by atoms with Crippen LogP contribution < -0.4 is 10.9 Å². The number of nitrogens with one attached hydrogen (secondary N) is 1. The first kappa shape index (κ1) is 16.6. The Morgan fingerprint density at radius 3 is 2.92 bits per heavy atom. The van der Waals surface area contributed by atoms with Crippen LogP contribution in [-0.2, 0) is 6.54 Å². The molecule has 0 saturated heterocycles. The predicted molar refractivity (Wildman–Crippen MR) is 104 cm³/mol. The summed E-state index contributed by atoms with van der Waals surface area (Å²) in [6, 6.07) is 12.5. The molecule has 0 radical (unpaired) electrons. The first-order valence-corrected chi connectivity index (χ1v) is 9.70. The maximum absolute atomic E-state index is 12.3. The van der Waals surface area contributed by atoms with Gasteiger partial charge in [0.1, 0.15) is 5.69 Å². The smallest absolute Gasteiger partial charge is 0.266 e. The highest BCUT2D eigenvalue weighted by molar-refractivity contribution is 7.16. The number of benzene rings is 1. The molecule has 6 nitrogen and oxygen atoms in total. The molecular formula is C18H14N4O2S2. The Labute approximate surface area is 156 Å². The third kappa shape index (κ3) is 3.42. The molecule has 130 valence electrons. The second-order valence-electron chi connectivity index (χ2n) is 5.55. The van der Waals surface area contributed by atoms with Gasteiger partial charge in [0.2, 0.25) is 0 Å². The third-order valence-corrected chi connectivity index (χ3v) is 5.53. The van der Waals surface area contributed by atoms with Crippen LogP contribution in [0.15, 0.2) is 58.1 Å². The predicted octanol–water partition coefficient (Wildman–Crippen LogP) is 3.01. The minimum atomic E-state index is -0.189. The van der Waals surface area contributed by atoms with E-state index >= 15 is 0 Å². The van der Waals surface area contributed by atoms with Crippen LogP contribution in [0, 0.1) is 0 Å². The largest absolute Gasteiger partial charge is 0.350 e. The highest BCUT2D eigenvalue weighted by atomic mass is 32.1. The van der Waals surface area contributed by atoms with Gasteiger partial charge in [0.25, 0.3) is 11.5 Å². The van der Waals surface area contributed by atoms with E-state index in [9.17, 15) is 9.59 Å². The molecule has 0 unspecified atom stereocenters. The van der Waals surface area contributed by atoms with Crippen LogP contribution in [0.2, 0.25) is 0 Å². The van der Waals surface area contributed by atoms with Crippen LogP contribution >= 0.6 is 22.7 Å². The van der Waals surface area contributed by atoms with Crippen molar-refractivity contribution < 1.29 is 4.79 Å². The van der Waals surface area contributed by atoms with Crippen molar-refractivity contribution >= 4 is 38.8 Å². The molecule has 1 N–H and O–H groups in total. The maximum Gasteiger partial charge on any atom is 0.266 e. The molecule has 0 atom stereocenters. The van der Waals surface area contributed by atoms with Crippen molar-refractivity contribution in [3.8, 4) is 10.6 Å². The molecule has 1 amide bonds. The first-order valence-electron chi connectivity index (χ1n) is 7.94. The van der Waals surface area contributed by atoms with Crippen LogP contribution in [0.1, 0.15) is 10.4 Å². The lowest BCUT2D eigenvalue weighted by Gasteiger charge is -2.08. The zero-order chi connectivity index (χ0) is 17.9. The van der Waals surface area contributed by atoms with Crippen molar-refractivity contribution in [3.05, 3.63) is 69.3 Å². The number of fused-ring (bicyclic) bond motifs is 1. The van der Waals surface area contributed by atoms with Crippen LogP contribution in [0.25, 0.3) is 20.8 Å². The van der Waals surface area contributed by atoms with Crippen molar-refractivity contribution in [2.45, 2.75) is 6.54 Å². The number of thiophene rings is 1. The molecule has 0 fully saturated rings. The standard InChI is InChI=1S/C18H14N4O2S2/c23-17-6-5-14(15-2-1-9-25-15)21-22(17)8-7-19-18(24)12-3-4-13-16(10-12)26-11-20-13/h1-6,9-11H,7-8H2,(H,19,24). The molecule has 8 heteroatoms. The molecule has 26 heavy (non-hydrogen) atoms. The molecule has 0 spiro atoms. The van der Waals surface area contributed by atoms with Gasteiger partial charge in [-0.3, -0.25) is 9.59 Å². The second kappa shape index (κ2) is 7.19. The fraction of sp³-hybridized carbons (Fsp3) is 0.111. The van der Waals surface area contributed by atoms with E-state index < -0.39 is 0 Å². The van der Waals surface area contributed by atoms with E-state index in [4.69, 9.17) is 0 Å². The number of aromatic nitrogens is 3. The van der Waals surface area contributed by atoms with Crippen molar-refractivity contribution in [3.63, 3.8) is 0 Å². The van der Waals surface area contributed by atoms with Crippen LogP contribution in [-0.4, -0.2) is 27.2 Å². The third-order valence-electron chi connectivity index (χ3n) is 3.84. The molecule has 0 aliphatic heterocycles. The van der Waals surface area contributed by atoms with Gasteiger partial charge in [-0.05, 0) is 35.7 Å². The van der Waals surface area contributed by atoms with Gasteiger partial charge in [-0.25, -0.2) is 9.67 Å². The Bertz CT molecular complexity index is 1120. The number of amides is 1. The lowest BCUT2D eigenvalue weighted by atomic mass is 10.2. The van der Waals surface area contributed by atoms with E-state index in [1.165, 1.54) is 22.1 Å². The van der Waals surface area contributed by atoms with Crippen molar-refractivity contribution in [1.29, 1.82) is 0 Å². The van der Waals surface area contributed by atoms with E-state index in [-0.39, 0.29) is 11.5 Å². The summed E-state index contributed by atoms with van der Waals surface area (Å²) in [6.45, 7) is 0.632. The quantitative estimate of drug-likeness (QED) is 0.576. The molecular weight excluding hydrogens is 368 g/mol. The topological polar surface area (TPSA) is 76.9 Å². The summed E-state index contributed by atoms with van der Waals surface area (Å²) >= 11 is 3.06. The monoisotopic (exact) mass is 382 g/mol. The Balaban J connectivity index is 1.43. The lowest BCUT2D eigenvalue weighted by Crippen LogP contribution is -2.31. The molecule has 4 aromatic rings. The van der Waals surface area contributed by atoms with Gasteiger partial charge >= 0.3 is 0 Å². The minimum absolute atomic E-state index is 0.178. The van der Waals surface area contributed by atoms with Gasteiger partial charge in [0.15, 0.2) is 0 Å². The molecule has 4 rings (SSSR count). The van der Waals surface area contributed by atoms with E-state index in [0.717, 1.165) is 20.8 Å². The number of hydrogen-bond donors (Lipinski definition) is 1. The summed E-state index contributed by atoms with van der Waals surface area (Å²) in [4.78, 5) is 29.5. The van der Waals surface area contributed by atoms with E-state index in [0.29, 0.717) is 18.7 Å². The Hall–Kier alpha value is -2.84. The van der Waals surface area contributed by atoms with Gasteiger partial charge in [-0.2, -0.15) is 5.10 Å². The van der Waals surface area contributed by atoms with Crippen molar-refractivity contribution in [2.75, 3.05) is 6.54 Å². The highest BCUT2D eigenvalue weighted by Crippen LogP contribution is 2.21. The molecule has 0 aliphatic carbocycles. The fourth-order valence-electron chi connectivity index (χ4n) is 2.54. The summed E-state index contributed by atoms with van der Waals surface area (Å²) in [6.07, 6.45) is 0. The van der Waals surface area contributed by atoms with Crippen LogP contribution in [0.5, 0.6) is 0 Å². The highest BCUT2D eigenvalue weighted by Gasteiger charge is 2.08. The van der Waals surface area contributed by atoms with E-state index in [1.807, 2.05) is 29.6 Å². The number of nitrogens with zero attached hydrogens (tertiary/aromatic N) is 3. The number of thiazole rings is 1. The summed E-state index contributed by atoms with van der Waals surface area (Å²) in [5.74, 6) is -0.178. The molecule has 3 heterocycles. The van der Waals surface area contributed by atoms with Crippen molar-refractivity contribution in [2.24, 2.45) is 0 Å². The van der Waals surface area contributed by atoms with Gasteiger partial charge < -0.3 is 5.32 Å². The van der Waals surface area contributed by atoms with Gasteiger partial charge in [-0.1, -0.05) is 6.07 Å². The second-order valence-corrected chi connectivity index (χ2v) is 7.38. The Morgan fingerprint density at radius 2 is 2.08 bits per heavy atom. The number of carbonyl (C=O) groups excluding carboxylic acids is 1.